The minimum absolute atomic E-state index is 0.00596. The minimum Gasteiger partial charge on any atom is -0.458 e. The fourth-order valence-electron chi connectivity index (χ4n) is 8.60. The Bertz CT molecular complexity index is 1210. The van der Waals surface area contributed by atoms with Gasteiger partial charge < -0.3 is 33.9 Å². The summed E-state index contributed by atoms with van der Waals surface area (Å²) in [5.74, 6) is -6.88. The molecule has 0 spiro atoms. The third-order valence-corrected chi connectivity index (χ3v) is 11.2. The molecular formula is C36H60N2O10. The number of amides is 1. The summed E-state index contributed by atoms with van der Waals surface area (Å²) in [5.41, 5.74) is -2.83. The molecule has 3 aliphatic rings. The lowest BCUT2D eigenvalue weighted by atomic mass is 9.67. The topological polar surface area (TPSA) is 147 Å². The van der Waals surface area contributed by atoms with E-state index < -0.39 is 89.0 Å². The number of nitrogens with zero attached hydrogens (tertiary/aromatic N) is 1. The molecule has 3 heterocycles. The first-order chi connectivity index (χ1) is 22.2. The molecule has 14 atom stereocenters. The van der Waals surface area contributed by atoms with Gasteiger partial charge >= 0.3 is 18.0 Å². The standard InChI is InChI=1S/C36H60N2O10/c1-14-26-36(11)27(22(7)32(42)47-36)21(6)28(39)18(3)17-35(10,48-34(43)37-15-2)30(23(8)29(40)24(9)31(41)45-26)46-33-20(5)25(38(12)13)16-19(4)44-33/h18-27,30,33H,14-17H2,1-13H3,(H,37,43)/t18-,19-,20-,21?,22?,23+,24-,25+,26-,27?,30-,33+,35-,36-/m1/s1. The Morgan fingerprint density at radius 1 is 0.917 bits per heavy atom. The van der Waals surface area contributed by atoms with Crippen LogP contribution in [0.1, 0.15) is 95.4 Å². The Hall–Kier alpha value is -2.57. The lowest BCUT2D eigenvalue weighted by Gasteiger charge is -2.47. The van der Waals surface area contributed by atoms with Crippen LogP contribution >= 0.6 is 0 Å². The number of carbonyl (C=O) groups is 5. The lowest BCUT2D eigenvalue weighted by Crippen LogP contribution is -2.58. The van der Waals surface area contributed by atoms with E-state index in [1.165, 1.54) is 6.92 Å². The van der Waals surface area contributed by atoms with Gasteiger partial charge in [-0.25, -0.2) is 4.79 Å². The van der Waals surface area contributed by atoms with Gasteiger partial charge in [0.15, 0.2) is 17.7 Å². The third-order valence-electron chi connectivity index (χ3n) is 11.2. The van der Waals surface area contributed by atoms with Crippen LogP contribution in [0.5, 0.6) is 0 Å². The summed E-state index contributed by atoms with van der Waals surface area (Å²) in [7, 11) is 3.98. The number of rotatable bonds is 6. The predicted molar refractivity (Wildman–Crippen MR) is 178 cm³/mol. The van der Waals surface area contributed by atoms with Gasteiger partial charge in [0.1, 0.15) is 29.5 Å². The van der Waals surface area contributed by atoms with E-state index in [1.54, 1.807) is 48.5 Å². The molecule has 0 bridgehead atoms. The second-order valence-corrected chi connectivity index (χ2v) is 15.2. The molecular weight excluding hydrogens is 620 g/mol. The molecule has 0 aromatic heterocycles. The Balaban J connectivity index is 2.20. The van der Waals surface area contributed by atoms with Crippen molar-refractivity contribution in [3.63, 3.8) is 0 Å². The molecule has 1 amide bonds. The Labute approximate surface area is 286 Å². The zero-order valence-electron chi connectivity index (χ0n) is 31.3. The first kappa shape index (κ1) is 39.9. The summed E-state index contributed by atoms with van der Waals surface area (Å²) in [4.78, 5) is 70.6. The molecule has 0 radical (unpaired) electrons. The van der Waals surface area contributed by atoms with E-state index in [2.05, 4.69) is 10.2 Å². The summed E-state index contributed by atoms with van der Waals surface area (Å²) in [6.07, 6.45) is -2.58. The van der Waals surface area contributed by atoms with Crippen LogP contribution in [-0.2, 0) is 42.9 Å². The fourth-order valence-corrected chi connectivity index (χ4v) is 8.60. The summed E-state index contributed by atoms with van der Waals surface area (Å²) in [6.45, 7) is 19.6. The summed E-state index contributed by atoms with van der Waals surface area (Å²) < 4.78 is 31.1. The van der Waals surface area contributed by atoms with E-state index in [-0.39, 0.29) is 30.3 Å². The molecule has 48 heavy (non-hydrogen) atoms. The highest BCUT2D eigenvalue weighted by molar-refractivity contribution is 6.00. The van der Waals surface area contributed by atoms with Crippen molar-refractivity contribution in [3.05, 3.63) is 0 Å². The zero-order valence-corrected chi connectivity index (χ0v) is 31.3. The second kappa shape index (κ2) is 15.5. The molecule has 3 saturated heterocycles. The number of alkyl carbamates (subject to hydrolysis) is 1. The molecule has 3 rings (SSSR count). The van der Waals surface area contributed by atoms with Crippen molar-refractivity contribution >= 4 is 29.6 Å². The van der Waals surface area contributed by atoms with Gasteiger partial charge in [-0.15, -0.1) is 0 Å². The van der Waals surface area contributed by atoms with E-state index in [0.29, 0.717) is 13.0 Å². The number of fused-ring (bicyclic) bond motifs is 1. The summed E-state index contributed by atoms with van der Waals surface area (Å²) in [5, 5.41) is 2.67. The molecule has 0 aromatic rings. The van der Waals surface area contributed by atoms with Crippen LogP contribution in [0.2, 0.25) is 0 Å². The van der Waals surface area contributed by atoms with E-state index in [1.807, 2.05) is 34.9 Å². The monoisotopic (exact) mass is 680 g/mol. The number of cyclic esters (lactones) is 1. The van der Waals surface area contributed by atoms with Crippen LogP contribution < -0.4 is 5.32 Å². The zero-order chi connectivity index (χ0) is 36.5. The van der Waals surface area contributed by atoms with Crippen LogP contribution in [-0.4, -0.2) is 97.0 Å². The quantitative estimate of drug-likeness (QED) is 0.239. The SMILES string of the molecule is CCNC(=O)O[C@]1(C)C[C@@H](C)C(=O)C(C)C2C(C)C(=O)O[C@]2(C)[C@@H](CC)OC(=O)[C@H](C)C(=O)[C@H](C)[C@H]1O[C@@H]1O[C@H](C)C[C@H](N(C)C)[C@H]1C. The molecule has 3 fully saturated rings. The number of ether oxygens (including phenoxy) is 5. The van der Waals surface area contributed by atoms with Gasteiger partial charge in [-0.3, -0.25) is 19.2 Å². The summed E-state index contributed by atoms with van der Waals surface area (Å²) in [6, 6.07) is 0.104. The van der Waals surface area contributed by atoms with Gasteiger partial charge in [0.2, 0.25) is 0 Å². The lowest BCUT2D eigenvalue weighted by molar-refractivity contribution is -0.277. The fraction of sp³-hybridized carbons (Fsp3) is 0.861. The van der Waals surface area contributed by atoms with Gasteiger partial charge in [0.25, 0.3) is 0 Å². The van der Waals surface area contributed by atoms with Crippen molar-refractivity contribution in [1.29, 1.82) is 0 Å². The van der Waals surface area contributed by atoms with Gasteiger partial charge in [-0.05, 0) is 68.0 Å². The van der Waals surface area contributed by atoms with Crippen molar-refractivity contribution < 1.29 is 47.7 Å². The maximum atomic E-state index is 14.3. The minimum atomic E-state index is -1.53. The molecule has 3 aliphatic heterocycles. The smallest absolute Gasteiger partial charge is 0.407 e. The van der Waals surface area contributed by atoms with E-state index in [9.17, 15) is 24.0 Å². The van der Waals surface area contributed by atoms with E-state index >= 15 is 0 Å². The number of hydrogen-bond donors (Lipinski definition) is 1. The highest BCUT2D eigenvalue weighted by Crippen LogP contribution is 2.48. The van der Waals surface area contributed by atoms with E-state index in [0.717, 1.165) is 6.42 Å². The largest absolute Gasteiger partial charge is 0.458 e. The first-order valence-electron chi connectivity index (χ1n) is 17.7. The molecule has 0 aromatic carbocycles. The van der Waals surface area contributed by atoms with E-state index in [4.69, 9.17) is 23.7 Å². The molecule has 12 nitrogen and oxygen atoms in total. The van der Waals surface area contributed by atoms with Crippen molar-refractivity contribution in [2.75, 3.05) is 20.6 Å². The molecule has 1 N–H and O–H groups in total. The Morgan fingerprint density at radius 2 is 1.54 bits per heavy atom. The van der Waals surface area contributed by atoms with Gasteiger partial charge in [0.05, 0.1) is 12.0 Å². The molecule has 274 valence electrons. The molecule has 3 unspecified atom stereocenters. The number of ketones is 2. The predicted octanol–water partition coefficient (Wildman–Crippen LogP) is 4.55. The Kier molecular flexibility index (Phi) is 12.9. The highest BCUT2D eigenvalue weighted by atomic mass is 16.7. The number of esters is 2. The molecule has 12 heteroatoms. The third kappa shape index (κ3) is 7.91. The molecule has 0 saturated carbocycles. The summed E-state index contributed by atoms with van der Waals surface area (Å²) >= 11 is 0. The Morgan fingerprint density at radius 3 is 2.10 bits per heavy atom. The number of hydrogen-bond acceptors (Lipinski definition) is 11. The maximum Gasteiger partial charge on any atom is 0.407 e. The molecule has 0 aliphatic carbocycles. The average Bonchev–Trinajstić information content (AvgIpc) is 3.24. The van der Waals surface area contributed by atoms with Crippen LogP contribution in [0.25, 0.3) is 0 Å². The van der Waals surface area contributed by atoms with Crippen molar-refractivity contribution in [2.24, 2.45) is 41.4 Å². The first-order valence-corrected chi connectivity index (χ1v) is 17.7. The van der Waals surface area contributed by atoms with Crippen LogP contribution in [0.4, 0.5) is 4.79 Å². The van der Waals surface area contributed by atoms with Crippen LogP contribution in [0, 0.1) is 41.4 Å². The van der Waals surface area contributed by atoms with Crippen molar-refractivity contribution in [2.45, 2.75) is 137 Å². The maximum absolute atomic E-state index is 14.3. The van der Waals surface area contributed by atoms with Gasteiger partial charge in [0, 0.05) is 42.2 Å². The van der Waals surface area contributed by atoms with Crippen molar-refractivity contribution in [3.8, 4) is 0 Å². The number of carbonyl (C=O) groups excluding carboxylic acids is 5. The van der Waals surface area contributed by atoms with Gasteiger partial charge in [-0.1, -0.05) is 41.5 Å². The van der Waals surface area contributed by atoms with Crippen LogP contribution in [0.15, 0.2) is 0 Å². The van der Waals surface area contributed by atoms with Crippen LogP contribution in [0.3, 0.4) is 0 Å². The highest BCUT2D eigenvalue weighted by Gasteiger charge is 2.60. The average molecular weight is 681 g/mol. The normalized spacial score (nSPS) is 43.2. The number of nitrogens with one attached hydrogen (secondary N) is 1. The number of Topliss-reactive ketones (excluding diaryl/α,β-unsaturated/α-hetero) is 2. The van der Waals surface area contributed by atoms with Gasteiger partial charge in [-0.2, -0.15) is 0 Å². The second-order valence-electron chi connectivity index (χ2n) is 15.2. The van der Waals surface area contributed by atoms with Crippen molar-refractivity contribution in [1.82, 2.24) is 10.2 Å².